The Morgan fingerprint density at radius 1 is 1.28 bits per heavy atom. The van der Waals surface area contributed by atoms with E-state index in [9.17, 15) is 9.90 Å². The van der Waals surface area contributed by atoms with Crippen LogP contribution < -0.4 is 15.4 Å². The van der Waals surface area contributed by atoms with E-state index in [1.54, 1.807) is 12.1 Å². The molecule has 132 valence electrons. The zero-order valence-electron chi connectivity index (χ0n) is 13.9. The molecule has 25 heavy (non-hydrogen) atoms. The minimum absolute atomic E-state index is 0.0917. The number of urea groups is 1. The fraction of sp³-hybridized carbons (Fsp3) is 0.421. The second kappa shape index (κ2) is 6.44. The Labute approximate surface area is 146 Å². The Morgan fingerprint density at radius 3 is 2.84 bits per heavy atom. The summed E-state index contributed by atoms with van der Waals surface area (Å²) < 4.78 is 11.3. The fourth-order valence-corrected chi connectivity index (χ4v) is 3.60. The highest BCUT2D eigenvalue weighted by atomic mass is 16.5. The molecule has 2 heterocycles. The van der Waals surface area contributed by atoms with Crippen molar-refractivity contribution in [2.24, 2.45) is 0 Å². The van der Waals surface area contributed by atoms with Crippen molar-refractivity contribution in [2.75, 3.05) is 6.54 Å². The maximum Gasteiger partial charge on any atom is 0.315 e. The molecule has 1 aromatic carbocycles. The molecule has 6 heteroatoms. The van der Waals surface area contributed by atoms with Crippen LogP contribution in [0.1, 0.15) is 49.2 Å². The minimum atomic E-state index is -0.860. The van der Waals surface area contributed by atoms with Crippen molar-refractivity contribution in [3.8, 4) is 5.75 Å². The van der Waals surface area contributed by atoms with Crippen molar-refractivity contribution < 1.29 is 19.1 Å². The predicted octanol–water partition coefficient (Wildman–Crippen LogP) is 3.06. The van der Waals surface area contributed by atoms with Crippen molar-refractivity contribution in [1.82, 2.24) is 10.6 Å². The number of aliphatic hydroxyl groups is 1. The number of hydrogen-bond acceptors (Lipinski definition) is 4. The largest absolute Gasteiger partial charge is 0.487 e. The highest BCUT2D eigenvalue weighted by Crippen LogP contribution is 2.48. The zero-order valence-corrected chi connectivity index (χ0v) is 13.9. The number of rotatable bonds is 4. The summed E-state index contributed by atoms with van der Waals surface area (Å²) in [5, 5.41) is 15.7. The van der Waals surface area contributed by atoms with Crippen LogP contribution in [0, 0.1) is 0 Å². The van der Waals surface area contributed by atoms with E-state index in [1.807, 2.05) is 24.3 Å². The molecule has 0 radical (unpaired) electrons. The Morgan fingerprint density at radius 2 is 2.12 bits per heavy atom. The third kappa shape index (κ3) is 3.22. The van der Waals surface area contributed by atoms with Gasteiger partial charge in [-0.3, -0.25) is 0 Å². The molecule has 2 aliphatic rings. The summed E-state index contributed by atoms with van der Waals surface area (Å²) in [7, 11) is 0. The van der Waals surface area contributed by atoms with Crippen LogP contribution >= 0.6 is 0 Å². The predicted molar refractivity (Wildman–Crippen MR) is 91.2 cm³/mol. The zero-order chi connectivity index (χ0) is 17.3. The number of carbonyl (C=O) groups is 1. The molecule has 1 aromatic heterocycles. The minimum Gasteiger partial charge on any atom is -0.487 e. The maximum atomic E-state index is 12.3. The quantitative estimate of drug-likeness (QED) is 0.797. The molecule has 0 saturated heterocycles. The first-order valence-electron chi connectivity index (χ1n) is 8.69. The van der Waals surface area contributed by atoms with Crippen LogP contribution in [0.3, 0.4) is 0 Å². The molecular weight excluding hydrogens is 320 g/mol. The second-order valence-corrected chi connectivity index (χ2v) is 6.82. The Balaban J connectivity index is 1.40. The van der Waals surface area contributed by atoms with Gasteiger partial charge in [-0.1, -0.05) is 18.2 Å². The average molecular weight is 342 g/mol. The van der Waals surface area contributed by atoms with E-state index in [-0.39, 0.29) is 24.2 Å². The molecule has 1 saturated carbocycles. The van der Waals surface area contributed by atoms with Gasteiger partial charge in [0.05, 0.1) is 18.8 Å². The van der Waals surface area contributed by atoms with Crippen molar-refractivity contribution in [3.63, 3.8) is 0 Å². The van der Waals surface area contributed by atoms with Gasteiger partial charge in [0.15, 0.2) is 0 Å². The van der Waals surface area contributed by atoms with E-state index < -0.39 is 6.10 Å². The van der Waals surface area contributed by atoms with E-state index in [1.165, 1.54) is 6.26 Å². The number of ether oxygens (including phenoxy) is 1. The Kier molecular flexibility index (Phi) is 4.13. The molecule has 1 fully saturated rings. The van der Waals surface area contributed by atoms with E-state index in [0.717, 1.165) is 37.0 Å². The van der Waals surface area contributed by atoms with Crippen molar-refractivity contribution in [3.05, 3.63) is 54.0 Å². The molecule has 1 aliphatic carbocycles. The van der Waals surface area contributed by atoms with Gasteiger partial charge in [-0.05, 0) is 37.5 Å². The van der Waals surface area contributed by atoms with Gasteiger partial charge in [-0.25, -0.2) is 4.79 Å². The lowest BCUT2D eigenvalue weighted by molar-refractivity contribution is -0.0356. The molecule has 4 rings (SSSR count). The highest BCUT2D eigenvalue weighted by Gasteiger charge is 2.45. The lowest BCUT2D eigenvalue weighted by atomic mass is 9.73. The van der Waals surface area contributed by atoms with Crippen LogP contribution in [-0.2, 0) is 0 Å². The molecule has 0 bridgehead atoms. The number of amides is 2. The summed E-state index contributed by atoms with van der Waals surface area (Å²) in [5.74, 6) is 1.29. The Bertz CT molecular complexity index is 740. The van der Waals surface area contributed by atoms with Crippen LogP contribution in [0.4, 0.5) is 4.79 Å². The third-order valence-corrected chi connectivity index (χ3v) is 5.09. The number of carbonyl (C=O) groups excluding carboxylic acids is 1. The molecule has 2 aromatic rings. The lowest BCUT2D eigenvalue weighted by Crippen LogP contribution is -2.51. The van der Waals surface area contributed by atoms with Crippen LogP contribution in [-0.4, -0.2) is 23.3 Å². The summed E-state index contributed by atoms with van der Waals surface area (Å²) in [5.41, 5.74) is 0.863. The first-order chi connectivity index (χ1) is 12.2. The third-order valence-electron chi connectivity index (χ3n) is 5.09. The van der Waals surface area contributed by atoms with E-state index >= 15 is 0 Å². The number of fused-ring (bicyclic) bond motifs is 1. The first-order valence-corrected chi connectivity index (χ1v) is 8.69. The van der Waals surface area contributed by atoms with Gasteiger partial charge in [-0.15, -0.1) is 0 Å². The van der Waals surface area contributed by atoms with E-state index in [2.05, 4.69) is 10.6 Å². The van der Waals surface area contributed by atoms with Crippen molar-refractivity contribution in [2.45, 2.75) is 43.4 Å². The SMILES string of the molecule is O=C(NC[C@H](O)c1ccco1)N[C@@H]1CC2(CCC2)Oc2ccccc21. The molecular formula is C19H22N2O4. The smallest absolute Gasteiger partial charge is 0.315 e. The summed E-state index contributed by atoms with van der Waals surface area (Å²) >= 11 is 0. The van der Waals surface area contributed by atoms with Crippen LogP contribution in [0.15, 0.2) is 47.1 Å². The molecule has 2 amide bonds. The van der Waals surface area contributed by atoms with Gasteiger partial charge in [-0.2, -0.15) is 0 Å². The number of nitrogens with one attached hydrogen (secondary N) is 2. The molecule has 2 atom stereocenters. The van der Waals surface area contributed by atoms with Crippen LogP contribution in [0.5, 0.6) is 5.75 Å². The van der Waals surface area contributed by atoms with Gasteiger partial charge < -0.3 is 24.9 Å². The molecule has 1 spiro atoms. The number of para-hydroxylation sites is 1. The lowest BCUT2D eigenvalue weighted by Gasteiger charge is -2.48. The van der Waals surface area contributed by atoms with Gasteiger partial charge in [0.25, 0.3) is 0 Å². The molecule has 1 aliphatic heterocycles. The number of aliphatic hydroxyl groups excluding tert-OH is 1. The highest BCUT2D eigenvalue weighted by molar-refractivity contribution is 5.74. The molecule has 6 nitrogen and oxygen atoms in total. The van der Waals surface area contributed by atoms with Gasteiger partial charge >= 0.3 is 6.03 Å². The van der Waals surface area contributed by atoms with E-state index in [0.29, 0.717) is 5.76 Å². The maximum absolute atomic E-state index is 12.3. The van der Waals surface area contributed by atoms with E-state index in [4.69, 9.17) is 9.15 Å². The number of benzene rings is 1. The molecule has 0 unspecified atom stereocenters. The number of furan rings is 1. The number of hydrogen-bond donors (Lipinski definition) is 3. The standard InChI is InChI=1S/C19H22N2O4/c22-15(17-7-3-10-24-17)12-20-18(23)21-14-11-19(8-4-9-19)25-16-6-2-1-5-13(14)16/h1-3,5-7,10,14-15,22H,4,8-9,11-12H2,(H2,20,21,23)/t14-,15+/m1/s1. The topological polar surface area (TPSA) is 83.7 Å². The fourth-order valence-electron chi connectivity index (χ4n) is 3.60. The monoisotopic (exact) mass is 342 g/mol. The van der Waals surface area contributed by atoms with Gasteiger partial charge in [0.1, 0.15) is 23.2 Å². The summed E-state index contributed by atoms with van der Waals surface area (Å²) in [4.78, 5) is 12.3. The summed E-state index contributed by atoms with van der Waals surface area (Å²) in [6, 6.07) is 10.8. The van der Waals surface area contributed by atoms with Crippen molar-refractivity contribution >= 4 is 6.03 Å². The summed E-state index contributed by atoms with van der Waals surface area (Å²) in [6.07, 6.45) is 4.63. The van der Waals surface area contributed by atoms with Gasteiger partial charge in [0, 0.05) is 12.0 Å². The van der Waals surface area contributed by atoms with Crippen LogP contribution in [0.25, 0.3) is 0 Å². The van der Waals surface area contributed by atoms with Gasteiger partial charge in [0.2, 0.25) is 0 Å². The van der Waals surface area contributed by atoms with Crippen LogP contribution in [0.2, 0.25) is 0 Å². The second-order valence-electron chi connectivity index (χ2n) is 6.82. The summed E-state index contributed by atoms with van der Waals surface area (Å²) in [6.45, 7) is 0.0926. The Hall–Kier alpha value is -2.47. The molecule has 3 N–H and O–H groups in total. The first kappa shape index (κ1) is 16.0. The normalized spacial score (nSPS) is 21.6. The van der Waals surface area contributed by atoms with Crippen molar-refractivity contribution in [1.29, 1.82) is 0 Å². The average Bonchev–Trinajstić information content (AvgIpc) is 3.13.